The van der Waals surface area contributed by atoms with E-state index >= 15 is 0 Å². The van der Waals surface area contributed by atoms with Crippen LogP contribution in [0.1, 0.15) is 89.6 Å². The van der Waals surface area contributed by atoms with Crippen LogP contribution in [0.2, 0.25) is 0 Å². The maximum atomic E-state index is 12.3. The summed E-state index contributed by atoms with van der Waals surface area (Å²) >= 11 is 0. The summed E-state index contributed by atoms with van der Waals surface area (Å²) < 4.78 is 6.21. The minimum atomic E-state index is -0.693. The SMILES string of the molecule is Cc1ccc([C@@H]2CC3=CC(=O)CC[C@]3(C)C3=CC[C@@]4(C)C(CC[C@@]4(C)CCC(=O)O)C32)o1. The summed E-state index contributed by atoms with van der Waals surface area (Å²) in [6.45, 7) is 9.10. The summed E-state index contributed by atoms with van der Waals surface area (Å²) in [5.41, 5.74) is 2.88. The van der Waals surface area contributed by atoms with Gasteiger partial charge in [-0.05, 0) is 86.3 Å². The lowest BCUT2D eigenvalue weighted by Crippen LogP contribution is -2.49. The third-order valence-corrected chi connectivity index (χ3v) is 10.2. The highest BCUT2D eigenvalue weighted by molar-refractivity contribution is 5.92. The van der Waals surface area contributed by atoms with E-state index in [0.717, 1.165) is 50.0 Å². The maximum absolute atomic E-state index is 12.3. The van der Waals surface area contributed by atoms with Gasteiger partial charge in [0.05, 0.1) is 0 Å². The van der Waals surface area contributed by atoms with Crippen molar-refractivity contribution in [3.05, 3.63) is 47.0 Å². The standard InChI is InChI=1S/C28H36O4/c1-17-5-6-23(32-17)20-16-18-15-19(29)7-13-27(18,3)21-9-14-28(4)22(25(20)21)8-11-26(28,2)12-10-24(30)31/h5-6,9,15,20,22,25H,7-8,10-14,16H2,1-4H3,(H,30,31)/t20-,22?,25?,26-,27-,28-/m0/s1. The zero-order valence-electron chi connectivity index (χ0n) is 19.9. The molecule has 172 valence electrons. The molecule has 0 radical (unpaired) electrons. The van der Waals surface area contributed by atoms with Gasteiger partial charge in [-0.3, -0.25) is 9.59 Å². The van der Waals surface area contributed by atoms with Gasteiger partial charge in [-0.1, -0.05) is 38.0 Å². The number of aliphatic carboxylic acids is 1. The first-order chi connectivity index (χ1) is 15.1. The molecule has 0 amide bonds. The number of carbonyl (C=O) groups excluding carboxylic acids is 1. The highest BCUT2D eigenvalue weighted by atomic mass is 16.4. The van der Waals surface area contributed by atoms with E-state index in [1.807, 2.05) is 13.0 Å². The first kappa shape index (κ1) is 21.7. The molecule has 4 aliphatic carbocycles. The monoisotopic (exact) mass is 436 g/mol. The molecular weight excluding hydrogens is 400 g/mol. The molecule has 0 bridgehead atoms. The minimum absolute atomic E-state index is 0.0290. The van der Waals surface area contributed by atoms with Crippen LogP contribution in [-0.4, -0.2) is 16.9 Å². The molecule has 0 saturated heterocycles. The normalized spacial score (nSPS) is 40.8. The zero-order valence-corrected chi connectivity index (χ0v) is 19.9. The van der Waals surface area contributed by atoms with Crippen molar-refractivity contribution >= 4 is 11.8 Å². The fourth-order valence-corrected chi connectivity index (χ4v) is 7.93. The van der Waals surface area contributed by atoms with E-state index in [2.05, 4.69) is 39.0 Å². The highest BCUT2D eigenvalue weighted by Gasteiger charge is 2.62. The molecule has 4 nitrogen and oxygen atoms in total. The summed E-state index contributed by atoms with van der Waals surface area (Å²) in [5, 5.41) is 9.38. The van der Waals surface area contributed by atoms with Gasteiger partial charge in [0.1, 0.15) is 11.5 Å². The van der Waals surface area contributed by atoms with Crippen molar-refractivity contribution in [1.82, 2.24) is 0 Å². The summed E-state index contributed by atoms with van der Waals surface area (Å²) in [5.74, 6) is 2.68. The number of ketones is 1. The molecule has 32 heavy (non-hydrogen) atoms. The third kappa shape index (κ3) is 3.01. The van der Waals surface area contributed by atoms with Gasteiger partial charge in [-0.15, -0.1) is 0 Å². The van der Waals surface area contributed by atoms with E-state index in [1.165, 1.54) is 11.1 Å². The molecule has 0 aromatic carbocycles. The van der Waals surface area contributed by atoms with Crippen LogP contribution >= 0.6 is 0 Å². The Kier molecular flexibility index (Phi) is 4.89. The predicted octanol–water partition coefficient (Wildman–Crippen LogP) is 6.60. The fourth-order valence-electron chi connectivity index (χ4n) is 7.93. The number of fused-ring (bicyclic) bond motifs is 5. The summed E-state index contributed by atoms with van der Waals surface area (Å²) in [6.07, 6.45) is 11.1. The molecule has 2 unspecified atom stereocenters. The smallest absolute Gasteiger partial charge is 0.303 e. The Hall–Kier alpha value is -2.10. The van der Waals surface area contributed by atoms with Crippen molar-refractivity contribution in [1.29, 1.82) is 0 Å². The molecule has 1 N–H and O–H groups in total. The van der Waals surface area contributed by atoms with Crippen LogP contribution in [0.25, 0.3) is 0 Å². The largest absolute Gasteiger partial charge is 0.481 e. The van der Waals surface area contributed by atoms with Crippen LogP contribution < -0.4 is 0 Å². The fraction of sp³-hybridized carbons (Fsp3) is 0.643. The Bertz CT molecular complexity index is 1030. The number of carboxylic acids is 1. The number of hydrogen-bond acceptors (Lipinski definition) is 3. The average molecular weight is 437 g/mol. The summed E-state index contributed by atoms with van der Waals surface area (Å²) in [6, 6.07) is 4.19. The van der Waals surface area contributed by atoms with E-state index in [9.17, 15) is 14.7 Å². The number of furan rings is 1. The molecular formula is C28H36O4. The molecule has 1 aromatic rings. The van der Waals surface area contributed by atoms with Gasteiger partial charge < -0.3 is 9.52 Å². The van der Waals surface area contributed by atoms with Crippen molar-refractivity contribution in [2.24, 2.45) is 28.1 Å². The van der Waals surface area contributed by atoms with E-state index in [-0.39, 0.29) is 34.4 Å². The molecule has 0 aliphatic heterocycles. The molecule has 4 aliphatic rings. The quantitative estimate of drug-likeness (QED) is 0.540. The third-order valence-electron chi connectivity index (χ3n) is 10.2. The van der Waals surface area contributed by atoms with Crippen LogP contribution in [-0.2, 0) is 9.59 Å². The lowest BCUT2D eigenvalue weighted by atomic mass is 9.46. The van der Waals surface area contributed by atoms with Crippen molar-refractivity contribution in [3.8, 4) is 0 Å². The Labute approximate surface area is 191 Å². The first-order valence-electron chi connectivity index (χ1n) is 12.3. The van der Waals surface area contributed by atoms with Crippen molar-refractivity contribution in [2.75, 3.05) is 0 Å². The number of aryl methyl sites for hydroxylation is 1. The molecule has 2 saturated carbocycles. The van der Waals surface area contributed by atoms with Crippen LogP contribution in [0, 0.1) is 35.0 Å². The Balaban J connectivity index is 1.61. The van der Waals surface area contributed by atoms with E-state index in [4.69, 9.17) is 4.42 Å². The van der Waals surface area contributed by atoms with Crippen LogP contribution in [0.5, 0.6) is 0 Å². The number of carbonyl (C=O) groups is 2. The first-order valence-corrected chi connectivity index (χ1v) is 12.3. The molecule has 0 spiro atoms. The van der Waals surface area contributed by atoms with E-state index in [0.29, 0.717) is 18.3 Å². The van der Waals surface area contributed by atoms with E-state index < -0.39 is 5.97 Å². The topological polar surface area (TPSA) is 67.5 Å². The van der Waals surface area contributed by atoms with Crippen molar-refractivity contribution in [3.63, 3.8) is 0 Å². The lowest BCUT2D eigenvalue weighted by Gasteiger charge is -2.57. The average Bonchev–Trinajstić information content (AvgIpc) is 3.28. The Morgan fingerprint density at radius 2 is 2.00 bits per heavy atom. The van der Waals surface area contributed by atoms with Gasteiger partial charge in [0, 0.05) is 24.2 Å². The van der Waals surface area contributed by atoms with Crippen LogP contribution in [0.3, 0.4) is 0 Å². The second-order valence-corrected chi connectivity index (χ2v) is 11.6. The Morgan fingerprint density at radius 1 is 1.22 bits per heavy atom. The molecule has 6 atom stereocenters. The highest BCUT2D eigenvalue weighted by Crippen LogP contribution is 2.71. The lowest BCUT2D eigenvalue weighted by molar-refractivity contribution is -0.138. The molecule has 2 fully saturated rings. The summed E-state index contributed by atoms with van der Waals surface area (Å²) in [4.78, 5) is 23.7. The number of allylic oxidation sites excluding steroid dienone is 4. The molecule has 4 heteroatoms. The Morgan fingerprint density at radius 3 is 2.69 bits per heavy atom. The van der Waals surface area contributed by atoms with Crippen LogP contribution in [0.4, 0.5) is 0 Å². The van der Waals surface area contributed by atoms with Gasteiger partial charge in [0.25, 0.3) is 0 Å². The maximum Gasteiger partial charge on any atom is 0.303 e. The molecule has 1 aromatic heterocycles. The predicted molar refractivity (Wildman–Crippen MR) is 123 cm³/mol. The second-order valence-electron chi connectivity index (χ2n) is 11.6. The van der Waals surface area contributed by atoms with E-state index in [1.54, 1.807) is 0 Å². The van der Waals surface area contributed by atoms with Gasteiger partial charge in [-0.2, -0.15) is 0 Å². The molecule has 1 heterocycles. The molecule has 5 rings (SSSR count). The summed E-state index contributed by atoms with van der Waals surface area (Å²) in [7, 11) is 0. The van der Waals surface area contributed by atoms with Gasteiger partial charge in [-0.25, -0.2) is 0 Å². The van der Waals surface area contributed by atoms with Crippen molar-refractivity contribution in [2.45, 2.75) is 85.0 Å². The zero-order chi connectivity index (χ0) is 22.9. The van der Waals surface area contributed by atoms with Crippen molar-refractivity contribution < 1.29 is 19.1 Å². The minimum Gasteiger partial charge on any atom is -0.481 e. The van der Waals surface area contributed by atoms with Gasteiger partial charge in [0.15, 0.2) is 5.78 Å². The number of carboxylic acid groups (broad SMARTS) is 1. The van der Waals surface area contributed by atoms with Gasteiger partial charge in [0.2, 0.25) is 0 Å². The van der Waals surface area contributed by atoms with Crippen LogP contribution in [0.15, 0.2) is 39.8 Å². The van der Waals surface area contributed by atoms with Gasteiger partial charge >= 0.3 is 5.97 Å². The second kappa shape index (κ2) is 7.20. The number of rotatable bonds is 4. The number of hydrogen-bond donors (Lipinski definition) is 1.